The number of hydrogen-bond donors (Lipinski definition) is 2. The van der Waals surface area contributed by atoms with Crippen LogP contribution >= 0.6 is 0 Å². The lowest BCUT2D eigenvalue weighted by atomic mass is 10.1. The van der Waals surface area contributed by atoms with Crippen LogP contribution in [0.1, 0.15) is 15.9 Å². The van der Waals surface area contributed by atoms with Crippen LogP contribution in [0.4, 0.5) is 5.69 Å². The van der Waals surface area contributed by atoms with Gasteiger partial charge in [0.15, 0.2) is 0 Å². The molecule has 0 aliphatic carbocycles. The Kier molecular flexibility index (Phi) is 4.66. The van der Waals surface area contributed by atoms with Gasteiger partial charge in [0.2, 0.25) is 5.55 Å². The van der Waals surface area contributed by atoms with Crippen molar-refractivity contribution in [3.8, 4) is 5.75 Å². The summed E-state index contributed by atoms with van der Waals surface area (Å²) in [6.07, 6.45) is 0. The first-order valence-electron chi connectivity index (χ1n) is 7.66. The second-order valence-electron chi connectivity index (χ2n) is 5.50. The number of amides is 1. The Balaban J connectivity index is 1.83. The fraction of sp³-hybridized carbons (Fsp3) is 0.111. The number of carbonyl (C=O) groups excluding carboxylic acids is 1. The molecule has 0 aliphatic rings. The fourth-order valence-electron chi connectivity index (χ4n) is 2.43. The smallest absolute Gasteiger partial charge is 0.270 e. The quantitative estimate of drug-likeness (QED) is 0.540. The number of ether oxygens (including phenoxy) is 1. The highest BCUT2D eigenvalue weighted by Crippen LogP contribution is 2.20. The molecular formula is C18H15N3O5. The van der Waals surface area contributed by atoms with Gasteiger partial charge in [-0.3, -0.25) is 20.3 Å². The van der Waals surface area contributed by atoms with Crippen molar-refractivity contribution in [2.45, 2.75) is 6.54 Å². The molecule has 8 nitrogen and oxygen atoms in total. The molecule has 0 saturated carbocycles. The molecule has 0 bridgehead atoms. The summed E-state index contributed by atoms with van der Waals surface area (Å²) in [4.78, 5) is 22.7. The minimum Gasteiger partial charge on any atom is -0.497 e. The van der Waals surface area contributed by atoms with E-state index in [1.54, 1.807) is 19.2 Å². The third kappa shape index (κ3) is 3.54. The van der Waals surface area contributed by atoms with Crippen molar-refractivity contribution in [2.75, 3.05) is 7.11 Å². The molecule has 0 unspecified atom stereocenters. The van der Waals surface area contributed by atoms with Crippen molar-refractivity contribution in [1.82, 2.24) is 5.32 Å². The number of nitrogens with zero attached hydrogens (tertiary/aromatic N) is 1. The van der Waals surface area contributed by atoms with Crippen LogP contribution in [-0.4, -0.2) is 17.9 Å². The van der Waals surface area contributed by atoms with Crippen molar-refractivity contribution in [3.05, 3.63) is 75.3 Å². The van der Waals surface area contributed by atoms with E-state index in [1.165, 1.54) is 24.3 Å². The third-order valence-corrected chi connectivity index (χ3v) is 3.82. The molecule has 1 heterocycles. The minimum absolute atomic E-state index is 0.00603. The van der Waals surface area contributed by atoms with Crippen molar-refractivity contribution in [3.63, 3.8) is 0 Å². The number of methoxy groups -OCH3 is 1. The lowest BCUT2D eigenvalue weighted by molar-refractivity contribution is -0.384. The minimum atomic E-state index is -0.530. The first-order valence-corrected chi connectivity index (χ1v) is 7.66. The number of fused-ring (bicyclic) bond motifs is 1. The number of benzene rings is 2. The maximum absolute atomic E-state index is 12.4. The summed E-state index contributed by atoms with van der Waals surface area (Å²) in [5, 5.41) is 21.8. The van der Waals surface area contributed by atoms with Crippen LogP contribution in [0.3, 0.4) is 0 Å². The number of rotatable bonds is 5. The lowest BCUT2D eigenvalue weighted by Gasteiger charge is -2.07. The second-order valence-corrected chi connectivity index (χ2v) is 5.50. The maximum Gasteiger partial charge on any atom is 0.270 e. The van der Waals surface area contributed by atoms with Crippen molar-refractivity contribution >= 4 is 22.6 Å². The van der Waals surface area contributed by atoms with Crippen LogP contribution in [0.5, 0.6) is 5.75 Å². The maximum atomic E-state index is 12.4. The van der Waals surface area contributed by atoms with Crippen molar-refractivity contribution in [2.24, 2.45) is 0 Å². The Hall–Kier alpha value is -3.68. The van der Waals surface area contributed by atoms with E-state index in [0.717, 1.165) is 5.56 Å². The summed E-state index contributed by atoms with van der Waals surface area (Å²) in [5.74, 6) is 0.214. The van der Waals surface area contributed by atoms with E-state index in [1.807, 2.05) is 12.1 Å². The Morgan fingerprint density at radius 1 is 1.23 bits per heavy atom. The summed E-state index contributed by atoms with van der Waals surface area (Å²) in [5.41, 5.74) is 0.742. The van der Waals surface area contributed by atoms with Crippen molar-refractivity contribution in [1.29, 1.82) is 5.41 Å². The molecule has 0 fully saturated rings. The van der Waals surface area contributed by atoms with Crippen LogP contribution in [0.25, 0.3) is 11.0 Å². The number of nitrogens with one attached hydrogen (secondary N) is 2. The molecule has 0 aliphatic heterocycles. The predicted octanol–water partition coefficient (Wildman–Crippen LogP) is 2.76. The van der Waals surface area contributed by atoms with Gasteiger partial charge in [-0.2, -0.15) is 0 Å². The van der Waals surface area contributed by atoms with Gasteiger partial charge in [0.1, 0.15) is 16.9 Å². The van der Waals surface area contributed by atoms with Gasteiger partial charge in [0.05, 0.1) is 12.0 Å². The first-order chi connectivity index (χ1) is 12.5. The zero-order valence-electron chi connectivity index (χ0n) is 13.8. The Morgan fingerprint density at radius 2 is 1.96 bits per heavy atom. The topological polar surface area (TPSA) is 118 Å². The van der Waals surface area contributed by atoms with Crippen LogP contribution in [0.15, 0.2) is 52.9 Å². The molecule has 0 atom stereocenters. The normalized spacial score (nSPS) is 10.5. The molecule has 8 heteroatoms. The van der Waals surface area contributed by atoms with E-state index in [9.17, 15) is 14.9 Å². The van der Waals surface area contributed by atoms with Crippen LogP contribution in [-0.2, 0) is 6.54 Å². The number of non-ortho nitro benzene ring substituents is 1. The summed E-state index contributed by atoms with van der Waals surface area (Å²) in [6, 6.07) is 12.6. The molecule has 2 aromatic carbocycles. The highest BCUT2D eigenvalue weighted by molar-refractivity contribution is 5.96. The summed E-state index contributed by atoms with van der Waals surface area (Å²) < 4.78 is 10.4. The van der Waals surface area contributed by atoms with Gasteiger partial charge >= 0.3 is 0 Å². The van der Waals surface area contributed by atoms with E-state index in [4.69, 9.17) is 14.6 Å². The predicted molar refractivity (Wildman–Crippen MR) is 92.9 cm³/mol. The van der Waals surface area contributed by atoms with E-state index in [-0.39, 0.29) is 23.3 Å². The average molecular weight is 353 g/mol. The van der Waals surface area contributed by atoms with E-state index in [0.29, 0.717) is 16.7 Å². The van der Waals surface area contributed by atoms with Crippen molar-refractivity contribution < 1.29 is 18.9 Å². The van der Waals surface area contributed by atoms with Gasteiger partial charge in [-0.25, -0.2) is 0 Å². The zero-order chi connectivity index (χ0) is 18.7. The summed E-state index contributed by atoms with van der Waals surface area (Å²) in [7, 11) is 1.57. The number of hydrogen-bond acceptors (Lipinski definition) is 6. The van der Waals surface area contributed by atoms with Crippen LogP contribution in [0.2, 0.25) is 0 Å². The number of carbonyl (C=O) groups is 1. The molecule has 1 aromatic heterocycles. The summed E-state index contributed by atoms with van der Waals surface area (Å²) in [6.45, 7) is 0.259. The van der Waals surface area contributed by atoms with E-state index < -0.39 is 10.8 Å². The standard InChI is InChI=1S/C18H15N3O5/c1-25-14-5-2-11(3-6-14)10-20-18(22)15-9-12-8-13(21(23)24)4-7-16(12)26-17(15)19/h2-9,19H,10H2,1H3,(H,20,22). The highest BCUT2D eigenvalue weighted by atomic mass is 16.6. The van der Waals surface area contributed by atoms with Crippen LogP contribution < -0.4 is 15.6 Å². The highest BCUT2D eigenvalue weighted by Gasteiger charge is 2.14. The van der Waals surface area contributed by atoms with Gasteiger partial charge in [-0.1, -0.05) is 12.1 Å². The molecule has 1 amide bonds. The van der Waals surface area contributed by atoms with Gasteiger partial charge in [-0.15, -0.1) is 0 Å². The zero-order valence-corrected chi connectivity index (χ0v) is 13.8. The van der Waals surface area contributed by atoms with Gasteiger partial charge < -0.3 is 14.5 Å². The van der Waals surface area contributed by atoms with E-state index >= 15 is 0 Å². The molecule has 0 saturated heterocycles. The van der Waals surface area contributed by atoms with Crippen LogP contribution in [0, 0.1) is 15.5 Å². The SMILES string of the molecule is COc1ccc(CNC(=O)c2cc3cc([N+](=O)[O-])ccc3oc2=N)cc1. The fourth-order valence-corrected chi connectivity index (χ4v) is 2.43. The molecule has 26 heavy (non-hydrogen) atoms. The Labute approximate surface area is 147 Å². The number of nitro groups is 1. The molecule has 3 rings (SSSR count). The average Bonchev–Trinajstić information content (AvgIpc) is 2.65. The molecule has 3 aromatic rings. The monoisotopic (exact) mass is 353 g/mol. The van der Waals surface area contributed by atoms with Gasteiger partial charge in [0.25, 0.3) is 11.6 Å². The van der Waals surface area contributed by atoms with E-state index in [2.05, 4.69) is 5.32 Å². The molecule has 2 N–H and O–H groups in total. The third-order valence-electron chi connectivity index (χ3n) is 3.82. The summed E-state index contributed by atoms with van der Waals surface area (Å²) >= 11 is 0. The first kappa shape index (κ1) is 17.2. The van der Waals surface area contributed by atoms with Gasteiger partial charge in [-0.05, 0) is 29.8 Å². The molecule has 0 spiro atoms. The van der Waals surface area contributed by atoms with Gasteiger partial charge in [0, 0.05) is 24.1 Å². The Morgan fingerprint density at radius 3 is 2.62 bits per heavy atom. The Bertz CT molecular complexity index is 1040. The number of nitro benzene ring substituents is 1. The molecule has 0 radical (unpaired) electrons. The second kappa shape index (κ2) is 7.06. The molecule has 132 valence electrons. The molecular weight excluding hydrogens is 338 g/mol. The largest absolute Gasteiger partial charge is 0.497 e. The lowest BCUT2D eigenvalue weighted by Crippen LogP contribution is -2.27.